The van der Waals surface area contributed by atoms with Gasteiger partial charge in [-0.15, -0.1) is 0 Å². The SMILES string of the molecule is O=C(NCCc1ccco1)c1ccc2n(c1=O)C[C@H]1C[C@@H]2CN(Cc2ccco2)C1. The largest absolute Gasteiger partial charge is 0.469 e. The zero-order valence-corrected chi connectivity index (χ0v) is 16.8. The fourth-order valence-corrected chi connectivity index (χ4v) is 4.82. The molecular formula is C23H25N3O4. The number of furan rings is 2. The summed E-state index contributed by atoms with van der Waals surface area (Å²) in [5.41, 5.74) is 1.07. The van der Waals surface area contributed by atoms with Crippen molar-refractivity contribution in [2.45, 2.75) is 31.8 Å². The molecule has 30 heavy (non-hydrogen) atoms. The molecule has 5 heterocycles. The van der Waals surface area contributed by atoms with E-state index in [-0.39, 0.29) is 17.0 Å². The van der Waals surface area contributed by atoms with E-state index in [2.05, 4.69) is 10.2 Å². The predicted molar refractivity (Wildman–Crippen MR) is 110 cm³/mol. The molecule has 5 rings (SSSR count). The third-order valence-electron chi connectivity index (χ3n) is 6.12. The first-order valence-electron chi connectivity index (χ1n) is 10.5. The highest BCUT2D eigenvalue weighted by Crippen LogP contribution is 2.35. The van der Waals surface area contributed by atoms with Gasteiger partial charge in [0.25, 0.3) is 11.5 Å². The first-order chi connectivity index (χ1) is 14.7. The Kier molecular flexibility index (Phi) is 5.04. The van der Waals surface area contributed by atoms with Crippen LogP contribution in [0.15, 0.2) is 62.6 Å². The topological polar surface area (TPSA) is 80.6 Å². The van der Waals surface area contributed by atoms with Gasteiger partial charge in [0.2, 0.25) is 0 Å². The Balaban J connectivity index is 1.29. The van der Waals surface area contributed by atoms with Gasteiger partial charge >= 0.3 is 0 Å². The van der Waals surface area contributed by atoms with Crippen molar-refractivity contribution in [3.63, 3.8) is 0 Å². The van der Waals surface area contributed by atoms with Gasteiger partial charge in [-0.1, -0.05) is 0 Å². The molecule has 1 amide bonds. The van der Waals surface area contributed by atoms with E-state index in [0.717, 1.165) is 43.3 Å². The van der Waals surface area contributed by atoms with Gasteiger partial charge in [0.1, 0.15) is 17.1 Å². The average Bonchev–Trinajstić information content (AvgIpc) is 3.43. The standard InChI is InChI=1S/C23H25N3O4/c27-22(24-8-7-18-3-1-9-29-18)20-5-6-21-17-11-16(13-26(21)23(20)28)12-25(14-17)15-19-4-2-10-30-19/h1-6,9-10,16-17H,7-8,11-15H2,(H,24,27)/t16-,17+/m0/s1. The van der Waals surface area contributed by atoms with Crippen molar-refractivity contribution in [2.75, 3.05) is 19.6 Å². The van der Waals surface area contributed by atoms with E-state index in [4.69, 9.17) is 8.83 Å². The molecule has 7 nitrogen and oxygen atoms in total. The highest BCUT2D eigenvalue weighted by molar-refractivity contribution is 5.93. The maximum atomic E-state index is 13.1. The molecule has 3 aromatic heterocycles. The number of carbonyl (C=O) groups excluding carboxylic acids is 1. The molecule has 7 heteroatoms. The summed E-state index contributed by atoms with van der Waals surface area (Å²) >= 11 is 0. The monoisotopic (exact) mass is 407 g/mol. The third-order valence-corrected chi connectivity index (χ3v) is 6.12. The molecule has 0 spiro atoms. The lowest BCUT2D eigenvalue weighted by atomic mass is 9.83. The highest BCUT2D eigenvalue weighted by atomic mass is 16.3. The van der Waals surface area contributed by atoms with Crippen LogP contribution in [0.25, 0.3) is 0 Å². The van der Waals surface area contributed by atoms with Crippen LogP contribution in [-0.2, 0) is 19.5 Å². The van der Waals surface area contributed by atoms with Gasteiger partial charge in [0.05, 0.1) is 19.1 Å². The number of hydrogen-bond acceptors (Lipinski definition) is 5. The van der Waals surface area contributed by atoms with Crippen molar-refractivity contribution in [2.24, 2.45) is 5.92 Å². The Bertz CT molecular complexity index is 1070. The Morgan fingerprint density at radius 3 is 2.60 bits per heavy atom. The van der Waals surface area contributed by atoms with E-state index < -0.39 is 0 Å². The molecule has 0 unspecified atom stereocenters. The number of nitrogens with zero attached hydrogens (tertiary/aromatic N) is 2. The zero-order valence-electron chi connectivity index (χ0n) is 16.8. The summed E-state index contributed by atoms with van der Waals surface area (Å²) in [6.45, 7) is 3.71. The Morgan fingerprint density at radius 2 is 1.83 bits per heavy atom. The van der Waals surface area contributed by atoms with Crippen LogP contribution >= 0.6 is 0 Å². The number of fused-ring (bicyclic) bond motifs is 4. The fourth-order valence-electron chi connectivity index (χ4n) is 4.82. The Hall–Kier alpha value is -3.06. The minimum absolute atomic E-state index is 0.183. The Morgan fingerprint density at radius 1 is 1.03 bits per heavy atom. The molecule has 0 aliphatic carbocycles. The molecule has 156 valence electrons. The molecule has 1 saturated heterocycles. The quantitative estimate of drug-likeness (QED) is 0.679. The van der Waals surface area contributed by atoms with E-state index in [1.54, 1.807) is 18.6 Å². The van der Waals surface area contributed by atoms with Gasteiger partial charge in [0.15, 0.2) is 0 Å². The lowest BCUT2D eigenvalue weighted by Gasteiger charge is -2.42. The summed E-state index contributed by atoms with van der Waals surface area (Å²) < 4.78 is 12.6. The number of carbonyl (C=O) groups is 1. The van der Waals surface area contributed by atoms with Gasteiger partial charge in [-0.25, -0.2) is 0 Å². The van der Waals surface area contributed by atoms with Crippen molar-refractivity contribution in [1.82, 2.24) is 14.8 Å². The van der Waals surface area contributed by atoms with Gasteiger partial charge in [0, 0.05) is 44.2 Å². The van der Waals surface area contributed by atoms with Crippen molar-refractivity contribution < 1.29 is 13.6 Å². The predicted octanol–water partition coefficient (Wildman–Crippen LogP) is 2.63. The summed E-state index contributed by atoms with van der Waals surface area (Å²) in [5.74, 6) is 2.16. The van der Waals surface area contributed by atoms with Gasteiger partial charge < -0.3 is 18.7 Å². The molecular weight excluding hydrogens is 382 g/mol. The Labute approximate surface area is 174 Å². The first-order valence-corrected chi connectivity index (χ1v) is 10.5. The van der Waals surface area contributed by atoms with Crippen LogP contribution in [-0.4, -0.2) is 35.0 Å². The number of amides is 1. The van der Waals surface area contributed by atoms with Crippen LogP contribution in [0.5, 0.6) is 0 Å². The fraction of sp³-hybridized carbons (Fsp3) is 0.391. The molecule has 1 fully saturated rings. The number of likely N-dealkylation sites (tertiary alicyclic amines) is 1. The third kappa shape index (κ3) is 3.73. The van der Waals surface area contributed by atoms with Crippen molar-refractivity contribution >= 4 is 5.91 Å². The maximum absolute atomic E-state index is 13.1. The summed E-state index contributed by atoms with van der Waals surface area (Å²) in [5, 5.41) is 2.84. The van der Waals surface area contributed by atoms with E-state index in [1.165, 1.54) is 0 Å². The first kappa shape index (κ1) is 18.9. The number of hydrogen-bond donors (Lipinski definition) is 1. The summed E-state index contributed by atoms with van der Waals surface area (Å²) in [7, 11) is 0. The minimum Gasteiger partial charge on any atom is -0.469 e. The molecule has 2 atom stereocenters. The molecule has 1 N–H and O–H groups in total. The normalized spacial score (nSPS) is 20.7. The van der Waals surface area contributed by atoms with E-state index >= 15 is 0 Å². The van der Waals surface area contributed by atoms with Gasteiger partial charge in [-0.2, -0.15) is 0 Å². The lowest BCUT2D eigenvalue weighted by molar-refractivity contribution is 0.0944. The van der Waals surface area contributed by atoms with Crippen molar-refractivity contribution in [1.29, 1.82) is 0 Å². The van der Waals surface area contributed by atoms with Crippen molar-refractivity contribution in [3.05, 3.63) is 82.1 Å². The van der Waals surface area contributed by atoms with Crippen LogP contribution < -0.4 is 10.9 Å². The lowest BCUT2D eigenvalue weighted by Crippen LogP contribution is -2.47. The van der Waals surface area contributed by atoms with Crippen LogP contribution in [0.1, 0.15) is 39.9 Å². The second-order valence-electron chi connectivity index (χ2n) is 8.24. The summed E-state index contributed by atoms with van der Waals surface area (Å²) in [6, 6.07) is 11.2. The second kappa shape index (κ2) is 7.99. The van der Waals surface area contributed by atoms with Gasteiger partial charge in [-0.05, 0) is 48.7 Å². The zero-order chi connectivity index (χ0) is 20.5. The maximum Gasteiger partial charge on any atom is 0.263 e. The van der Waals surface area contributed by atoms with Crippen LogP contribution in [0.3, 0.4) is 0 Å². The molecule has 0 radical (unpaired) electrons. The number of aromatic nitrogens is 1. The van der Waals surface area contributed by atoms with E-state index in [0.29, 0.717) is 31.3 Å². The van der Waals surface area contributed by atoms with Crippen LogP contribution in [0.4, 0.5) is 0 Å². The molecule has 3 aromatic rings. The van der Waals surface area contributed by atoms with Crippen LogP contribution in [0.2, 0.25) is 0 Å². The van der Waals surface area contributed by atoms with Crippen molar-refractivity contribution in [3.8, 4) is 0 Å². The molecule has 2 aliphatic rings. The molecule has 2 aliphatic heterocycles. The summed E-state index contributed by atoms with van der Waals surface area (Å²) in [6.07, 6.45) is 5.00. The summed E-state index contributed by atoms with van der Waals surface area (Å²) in [4.78, 5) is 28.1. The highest BCUT2D eigenvalue weighted by Gasteiger charge is 2.35. The molecule has 0 saturated carbocycles. The van der Waals surface area contributed by atoms with Crippen LogP contribution in [0, 0.1) is 5.92 Å². The number of nitrogens with one attached hydrogen (secondary N) is 1. The molecule has 2 bridgehead atoms. The molecule has 0 aromatic carbocycles. The average molecular weight is 407 g/mol. The second-order valence-corrected chi connectivity index (χ2v) is 8.24. The van der Waals surface area contributed by atoms with E-state index in [1.807, 2.05) is 34.9 Å². The minimum atomic E-state index is -0.322. The smallest absolute Gasteiger partial charge is 0.263 e. The number of rotatable bonds is 6. The van der Waals surface area contributed by atoms with Gasteiger partial charge in [-0.3, -0.25) is 14.5 Å². The number of pyridine rings is 1. The van der Waals surface area contributed by atoms with E-state index in [9.17, 15) is 9.59 Å². The number of piperidine rings is 1.